The molecular weight excluding hydrogens is 328 g/mol. The van der Waals surface area contributed by atoms with Crippen molar-refractivity contribution in [2.45, 2.75) is 38.0 Å². The van der Waals surface area contributed by atoms with Gasteiger partial charge < -0.3 is 9.63 Å². The molecule has 0 atom stereocenters. The number of thiophene rings is 1. The largest absolute Gasteiger partial charge is 0.477 e. The lowest BCUT2D eigenvalue weighted by atomic mass is 9.95. The Balaban J connectivity index is 2.55. The van der Waals surface area contributed by atoms with E-state index in [0.29, 0.717) is 10.6 Å². The van der Waals surface area contributed by atoms with E-state index in [0.717, 1.165) is 11.3 Å². The molecule has 0 bridgehead atoms. The molecule has 120 valence electrons. The molecule has 9 heteroatoms. The van der Waals surface area contributed by atoms with E-state index in [1.54, 1.807) is 6.92 Å². The zero-order valence-corrected chi connectivity index (χ0v) is 14.1. The zero-order chi connectivity index (χ0) is 16.7. The SMILES string of the molecule is Cc1oncc1NS(=O)(=O)c1cc(C(=O)O)sc1C(C)(C)C. The van der Waals surface area contributed by atoms with Crippen LogP contribution < -0.4 is 4.72 Å². The number of rotatable bonds is 4. The van der Waals surface area contributed by atoms with Gasteiger partial charge in [-0.1, -0.05) is 25.9 Å². The maximum atomic E-state index is 12.6. The van der Waals surface area contributed by atoms with Gasteiger partial charge in [0, 0.05) is 4.88 Å². The summed E-state index contributed by atoms with van der Waals surface area (Å²) in [5.41, 5.74) is -0.283. The van der Waals surface area contributed by atoms with E-state index >= 15 is 0 Å². The predicted molar refractivity (Wildman–Crippen MR) is 82.0 cm³/mol. The van der Waals surface area contributed by atoms with Gasteiger partial charge in [-0.3, -0.25) is 4.72 Å². The maximum absolute atomic E-state index is 12.6. The summed E-state index contributed by atoms with van der Waals surface area (Å²) in [7, 11) is -3.94. The van der Waals surface area contributed by atoms with Crippen molar-refractivity contribution in [2.24, 2.45) is 0 Å². The van der Waals surface area contributed by atoms with Crippen LogP contribution in [0.4, 0.5) is 5.69 Å². The fraction of sp³-hybridized carbons (Fsp3) is 0.385. The number of hydrogen-bond donors (Lipinski definition) is 2. The van der Waals surface area contributed by atoms with Crippen LogP contribution in [-0.2, 0) is 15.4 Å². The summed E-state index contributed by atoms with van der Waals surface area (Å²) >= 11 is 0.960. The van der Waals surface area contributed by atoms with Crippen LogP contribution in [-0.4, -0.2) is 24.7 Å². The van der Waals surface area contributed by atoms with Gasteiger partial charge in [-0.2, -0.15) is 0 Å². The molecule has 22 heavy (non-hydrogen) atoms. The summed E-state index contributed by atoms with van der Waals surface area (Å²) in [4.78, 5) is 11.6. The van der Waals surface area contributed by atoms with E-state index in [9.17, 15) is 13.2 Å². The number of anilines is 1. The molecule has 0 aromatic carbocycles. The van der Waals surface area contributed by atoms with Gasteiger partial charge in [0.05, 0.1) is 6.20 Å². The number of nitrogens with zero attached hydrogens (tertiary/aromatic N) is 1. The van der Waals surface area contributed by atoms with Crippen LogP contribution >= 0.6 is 11.3 Å². The molecule has 0 saturated heterocycles. The molecule has 0 spiro atoms. The number of carboxylic acid groups (broad SMARTS) is 1. The molecular formula is C13H16N2O5S2. The summed E-state index contributed by atoms with van der Waals surface area (Å²) in [5.74, 6) is -0.826. The number of hydrogen-bond acceptors (Lipinski definition) is 6. The lowest BCUT2D eigenvalue weighted by Crippen LogP contribution is -2.18. The van der Waals surface area contributed by atoms with Crippen LogP contribution in [0.3, 0.4) is 0 Å². The van der Waals surface area contributed by atoms with E-state index < -0.39 is 21.4 Å². The molecule has 0 aliphatic rings. The molecule has 2 N–H and O–H groups in total. The summed E-state index contributed by atoms with van der Waals surface area (Å²) in [6.45, 7) is 7.06. The molecule has 2 aromatic heterocycles. The quantitative estimate of drug-likeness (QED) is 0.882. The Kier molecular flexibility index (Phi) is 4.05. The molecule has 2 aromatic rings. The van der Waals surface area contributed by atoms with E-state index in [1.807, 2.05) is 20.8 Å². The normalized spacial score (nSPS) is 12.4. The molecule has 0 saturated carbocycles. The van der Waals surface area contributed by atoms with Crippen LogP contribution in [0, 0.1) is 6.92 Å². The molecule has 0 aliphatic carbocycles. The van der Waals surface area contributed by atoms with Crippen molar-refractivity contribution in [3.05, 3.63) is 27.8 Å². The van der Waals surface area contributed by atoms with E-state index in [2.05, 4.69) is 9.88 Å². The lowest BCUT2D eigenvalue weighted by Gasteiger charge is -2.19. The third-order valence-electron chi connectivity index (χ3n) is 2.87. The highest BCUT2D eigenvalue weighted by Gasteiger charge is 2.31. The predicted octanol–water partition coefficient (Wildman–Crippen LogP) is 2.84. The van der Waals surface area contributed by atoms with Crippen LogP contribution in [0.1, 0.15) is 41.1 Å². The molecule has 7 nitrogen and oxygen atoms in total. The van der Waals surface area contributed by atoms with Gasteiger partial charge in [0.2, 0.25) is 0 Å². The number of sulfonamides is 1. The highest BCUT2D eigenvalue weighted by atomic mass is 32.2. The van der Waals surface area contributed by atoms with Gasteiger partial charge >= 0.3 is 5.97 Å². The monoisotopic (exact) mass is 344 g/mol. The molecule has 0 unspecified atom stereocenters. The van der Waals surface area contributed by atoms with Crippen LogP contribution in [0.25, 0.3) is 0 Å². The third-order valence-corrected chi connectivity index (χ3v) is 5.94. The van der Waals surface area contributed by atoms with Gasteiger partial charge in [-0.15, -0.1) is 11.3 Å². The van der Waals surface area contributed by atoms with Gasteiger partial charge in [0.15, 0.2) is 5.76 Å². The molecule has 2 rings (SSSR count). The second-order valence-electron chi connectivity index (χ2n) is 5.76. The number of aromatic nitrogens is 1. The van der Waals surface area contributed by atoms with Crippen molar-refractivity contribution in [1.29, 1.82) is 0 Å². The Morgan fingerprint density at radius 1 is 1.41 bits per heavy atom. The molecule has 0 fully saturated rings. The topological polar surface area (TPSA) is 110 Å². The molecule has 0 aliphatic heterocycles. The van der Waals surface area contributed by atoms with Crippen LogP contribution in [0.2, 0.25) is 0 Å². The van der Waals surface area contributed by atoms with E-state index in [1.165, 1.54) is 12.3 Å². The Hall–Kier alpha value is -1.87. The average Bonchev–Trinajstić information content (AvgIpc) is 2.96. The Morgan fingerprint density at radius 3 is 2.50 bits per heavy atom. The second kappa shape index (κ2) is 5.40. The summed E-state index contributed by atoms with van der Waals surface area (Å²) in [6, 6.07) is 1.18. The standard InChI is InChI=1S/C13H16N2O5S2/c1-7-8(6-14-20-7)15-22(18,19)10-5-9(12(16)17)21-11(10)13(2,3)4/h5-6,15H,1-4H3,(H,16,17). The lowest BCUT2D eigenvalue weighted by molar-refractivity contribution is 0.0702. The van der Waals surface area contributed by atoms with Crippen molar-refractivity contribution in [2.75, 3.05) is 4.72 Å². The van der Waals surface area contributed by atoms with Crippen LogP contribution in [0.15, 0.2) is 21.7 Å². The molecule has 0 radical (unpaired) electrons. The first-order chi connectivity index (χ1) is 10.0. The van der Waals surface area contributed by atoms with Crippen molar-refractivity contribution in [3.8, 4) is 0 Å². The minimum atomic E-state index is -3.94. The highest BCUT2D eigenvalue weighted by molar-refractivity contribution is 7.93. The van der Waals surface area contributed by atoms with E-state index in [-0.39, 0.29) is 15.5 Å². The first-order valence-electron chi connectivity index (χ1n) is 6.34. The Morgan fingerprint density at radius 2 is 2.05 bits per heavy atom. The molecule has 0 amide bonds. The van der Waals surface area contributed by atoms with Crippen molar-refractivity contribution < 1.29 is 22.8 Å². The third kappa shape index (κ3) is 3.14. The number of nitrogens with one attached hydrogen (secondary N) is 1. The Bertz CT molecular complexity index is 812. The highest BCUT2D eigenvalue weighted by Crippen LogP contribution is 2.37. The Labute approximate surface area is 132 Å². The minimum absolute atomic E-state index is 0.0210. The van der Waals surface area contributed by atoms with Gasteiger partial charge in [-0.25, -0.2) is 13.2 Å². The molecule has 2 heterocycles. The summed E-state index contributed by atoms with van der Waals surface area (Å²) in [5, 5.41) is 12.6. The number of carbonyl (C=O) groups is 1. The maximum Gasteiger partial charge on any atom is 0.345 e. The van der Waals surface area contributed by atoms with Crippen molar-refractivity contribution >= 4 is 33.0 Å². The number of carboxylic acids is 1. The van der Waals surface area contributed by atoms with Gasteiger partial charge in [0.1, 0.15) is 15.5 Å². The zero-order valence-electron chi connectivity index (χ0n) is 12.5. The minimum Gasteiger partial charge on any atom is -0.477 e. The van der Waals surface area contributed by atoms with Crippen molar-refractivity contribution in [1.82, 2.24) is 5.16 Å². The smallest absolute Gasteiger partial charge is 0.345 e. The fourth-order valence-corrected chi connectivity index (χ4v) is 4.70. The van der Waals surface area contributed by atoms with E-state index in [4.69, 9.17) is 9.63 Å². The van der Waals surface area contributed by atoms with Crippen LogP contribution in [0.5, 0.6) is 0 Å². The first-order valence-corrected chi connectivity index (χ1v) is 8.64. The van der Waals surface area contributed by atoms with Gasteiger partial charge in [0.25, 0.3) is 10.0 Å². The van der Waals surface area contributed by atoms with Gasteiger partial charge in [-0.05, 0) is 18.4 Å². The number of aromatic carboxylic acids is 1. The summed E-state index contributed by atoms with van der Waals surface area (Å²) < 4.78 is 32.4. The first kappa shape index (κ1) is 16.5. The second-order valence-corrected chi connectivity index (χ2v) is 8.46. The summed E-state index contributed by atoms with van der Waals surface area (Å²) in [6.07, 6.45) is 1.26. The number of aryl methyl sites for hydroxylation is 1. The average molecular weight is 344 g/mol. The fourth-order valence-electron chi connectivity index (χ4n) is 1.80. The van der Waals surface area contributed by atoms with Crippen molar-refractivity contribution in [3.63, 3.8) is 0 Å².